The number of hydrogen-bond acceptors (Lipinski definition) is 4. The van der Waals surface area contributed by atoms with Crippen LogP contribution >= 0.6 is 15.9 Å². The van der Waals surface area contributed by atoms with Crippen molar-refractivity contribution in [2.24, 2.45) is 0 Å². The van der Waals surface area contributed by atoms with Gasteiger partial charge in [0.2, 0.25) is 0 Å². The molecule has 1 saturated heterocycles. The second-order valence-electron chi connectivity index (χ2n) is 8.74. The van der Waals surface area contributed by atoms with Gasteiger partial charge in [0.1, 0.15) is 5.60 Å². The number of ether oxygens (including phenoxy) is 1. The van der Waals surface area contributed by atoms with Crippen LogP contribution in [0, 0.1) is 0 Å². The maximum Gasteiger partial charge on any atom is 0.410 e. The molecular weight excluding hydrogens is 454 g/mol. The number of halogens is 1. The monoisotopic (exact) mass is 485 g/mol. The highest BCUT2D eigenvalue weighted by atomic mass is 79.9. The van der Waals surface area contributed by atoms with Gasteiger partial charge in [-0.05, 0) is 63.1 Å². The molecule has 0 spiro atoms. The topological polar surface area (TPSA) is 44.8 Å². The molecule has 1 heterocycles. The Balaban J connectivity index is 1.74. The fourth-order valence-electron chi connectivity index (χ4n) is 3.70. The van der Waals surface area contributed by atoms with Gasteiger partial charge < -0.3 is 19.9 Å². The van der Waals surface area contributed by atoms with Crippen molar-refractivity contribution in [1.29, 1.82) is 0 Å². The van der Waals surface area contributed by atoms with Gasteiger partial charge in [-0.1, -0.05) is 40.2 Å². The molecule has 31 heavy (non-hydrogen) atoms. The molecular formula is C25H32BrN3O2. The minimum absolute atomic E-state index is 0.110. The lowest BCUT2D eigenvalue weighted by atomic mass is 10.00. The first-order chi connectivity index (χ1) is 14.8. The van der Waals surface area contributed by atoms with Gasteiger partial charge in [0.15, 0.2) is 0 Å². The van der Waals surface area contributed by atoms with Crippen LogP contribution in [0.1, 0.15) is 38.8 Å². The second-order valence-corrected chi connectivity index (χ2v) is 9.66. The van der Waals surface area contributed by atoms with Crippen molar-refractivity contribution in [3.8, 4) is 0 Å². The van der Waals surface area contributed by atoms with Crippen molar-refractivity contribution in [1.82, 2.24) is 4.90 Å². The van der Waals surface area contributed by atoms with E-state index in [0.29, 0.717) is 13.1 Å². The van der Waals surface area contributed by atoms with E-state index in [1.807, 2.05) is 39.0 Å². The predicted octanol–water partition coefficient (Wildman–Crippen LogP) is 6.24. The lowest BCUT2D eigenvalue weighted by molar-refractivity contribution is 0.0240. The van der Waals surface area contributed by atoms with Gasteiger partial charge in [0.05, 0.1) is 6.04 Å². The maximum atomic E-state index is 12.4. The molecule has 1 unspecified atom stereocenters. The quantitative estimate of drug-likeness (QED) is 0.492. The summed E-state index contributed by atoms with van der Waals surface area (Å²) in [6.07, 6.45) is 2.53. The number of amides is 1. The first kappa shape index (κ1) is 23.2. The summed E-state index contributed by atoms with van der Waals surface area (Å²) in [5, 5.41) is 3.65. The van der Waals surface area contributed by atoms with Crippen molar-refractivity contribution in [2.45, 2.75) is 38.8 Å². The molecule has 1 aliphatic heterocycles. The number of carbonyl (C=O) groups is 1. The highest BCUT2D eigenvalue weighted by Gasteiger charge is 2.27. The summed E-state index contributed by atoms with van der Waals surface area (Å²) in [6, 6.07) is 16.8. The lowest BCUT2D eigenvalue weighted by Gasteiger charge is -2.38. The minimum atomic E-state index is -0.475. The fraction of sp³-hybridized carbons (Fsp3) is 0.400. The molecule has 2 aromatic rings. The third-order valence-electron chi connectivity index (χ3n) is 5.17. The molecule has 166 valence electrons. The van der Waals surface area contributed by atoms with E-state index in [9.17, 15) is 4.79 Å². The van der Waals surface area contributed by atoms with Crippen molar-refractivity contribution < 1.29 is 9.53 Å². The molecule has 1 fully saturated rings. The zero-order valence-electron chi connectivity index (χ0n) is 18.6. The van der Waals surface area contributed by atoms with E-state index in [-0.39, 0.29) is 12.1 Å². The van der Waals surface area contributed by atoms with Crippen LogP contribution in [-0.4, -0.2) is 42.8 Å². The number of benzene rings is 2. The van der Waals surface area contributed by atoms with Crippen LogP contribution in [0.4, 0.5) is 16.2 Å². The average Bonchev–Trinajstić information content (AvgIpc) is 2.74. The van der Waals surface area contributed by atoms with Gasteiger partial charge in [0.25, 0.3) is 0 Å². The van der Waals surface area contributed by atoms with Gasteiger partial charge in [0, 0.05) is 42.0 Å². The van der Waals surface area contributed by atoms with E-state index in [4.69, 9.17) is 4.74 Å². The van der Waals surface area contributed by atoms with Crippen molar-refractivity contribution >= 4 is 33.4 Å². The number of carbonyl (C=O) groups excluding carboxylic acids is 1. The Bertz CT molecular complexity index is 884. The van der Waals surface area contributed by atoms with Crippen LogP contribution in [0.15, 0.2) is 65.7 Å². The summed E-state index contributed by atoms with van der Waals surface area (Å²) in [5.74, 6) is 0. The van der Waals surface area contributed by atoms with E-state index in [0.717, 1.165) is 29.7 Å². The number of rotatable bonds is 6. The normalized spacial score (nSPS) is 15.4. The molecule has 1 N–H and O–H groups in total. The van der Waals surface area contributed by atoms with E-state index < -0.39 is 5.60 Å². The van der Waals surface area contributed by atoms with Crippen LogP contribution < -0.4 is 10.2 Å². The minimum Gasteiger partial charge on any atom is -0.444 e. The standard InChI is InChI=1S/C25H32BrN3O2/c1-5-8-22(27-20-13-11-19(26)12-14-20)21-9-6-7-10-23(21)28-15-17-29(18-16-28)24(30)31-25(2,3)4/h5-7,9-14,22,27H,1,8,15-18H2,2-4H3. The van der Waals surface area contributed by atoms with Gasteiger partial charge in [-0.15, -0.1) is 6.58 Å². The predicted molar refractivity (Wildman–Crippen MR) is 132 cm³/mol. The number of nitrogens with zero attached hydrogens (tertiary/aromatic N) is 2. The average molecular weight is 486 g/mol. The Morgan fingerprint density at radius 2 is 1.77 bits per heavy atom. The first-order valence-electron chi connectivity index (χ1n) is 10.7. The Morgan fingerprint density at radius 1 is 1.13 bits per heavy atom. The molecule has 3 rings (SSSR count). The van der Waals surface area contributed by atoms with Crippen LogP contribution in [-0.2, 0) is 4.74 Å². The van der Waals surface area contributed by atoms with Crippen LogP contribution in [0.3, 0.4) is 0 Å². The molecule has 1 aliphatic rings. The van der Waals surface area contributed by atoms with Gasteiger partial charge in [-0.2, -0.15) is 0 Å². The largest absolute Gasteiger partial charge is 0.444 e. The summed E-state index contributed by atoms with van der Waals surface area (Å²) in [7, 11) is 0. The number of para-hydroxylation sites is 1. The fourth-order valence-corrected chi connectivity index (χ4v) is 3.97. The Morgan fingerprint density at radius 3 is 2.39 bits per heavy atom. The molecule has 0 aliphatic carbocycles. The maximum absolute atomic E-state index is 12.4. The lowest BCUT2D eigenvalue weighted by Crippen LogP contribution is -2.50. The Hall–Kier alpha value is -2.47. The third kappa shape index (κ3) is 6.50. The third-order valence-corrected chi connectivity index (χ3v) is 5.70. The zero-order valence-corrected chi connectivity index (χ0v) is 20.2. The van der Waals surface area contributed by atoms with E-state index in [2.05, 4.69) is 69.1 Å². The van der Waals surface area contributed by atoms with E-state index in [1.54, 1.807) is 4.90 Å². The summed E-state index contributed by atoms with van der Waals surface area (Å²) < 4.78 is 6.59. The zero-order chi connectivity index (χ0) is 22.4. The summed E-state index contributed by atoms with van der Waals surface area (Å²) in [6.45, 7) is 12.5. The highest BCUT2D eigenvalue weighted by Crippen LogP contribution is 2.32. The SMILES string of the molecule is C=CCC(Nc1ccc(Br)cc1)c1ccccc1N1CCN(C(=O)OC(C)(C)C)CC1. The molecule has 2 aromatic carbocycles. The van der Waals surface area contributed by atoms with Crippen molar-refractivity contribution in [3.05, 3.63) is 71.2 Å². The van der Waals surface area contributed by atoms with Gasteiger partial charge >= 0.3 is 6.09 Å². The number of hydrogen-bond donors (Lipinski definition) is 1. The smallest absolute Gasteiger partial charge is 0.410 e. The van der Waals surface area contributed by atoms with Crippen molar-refractivity contribution in [2.75, 3.05) is 36.4 Å². The molecule has 5 nitrogen and oxygen atoms in total. The van der Waals surface area contributed by atoms with Crippen LogP contribution in [0.5, 0.6) is 0 Å². The molecule has 1 atom stereocenters. The first-order valence-corrected chi connectivity index (χ1v) is 11.5. The summed E-state index contributed by atoms with van der Waals surface area (Å²) >= 11 is 3.49. The Labute approximate surface area is 194 Å². The molecule has 6 heteroatoms. The molecule has 0 saturated carbocycles. The number of piperazine rings is 1. The van der Waals surface area contributed by atoms with Gasteiger partial charge in [-0.3, -0.25) is 0 Å². The summed E-state index contributed by atoms with van der Waals surface area (Å²) in [5.41, 5.74) is 3.02. The number of anilines is 2. The van der Waals surface area contributed by atoms with Crippen LogP contribution in [0.2, 0.25) is 0 Å². The number of nitrogens with one attached hydrogen (secondary N) is 1. The molecule has 1 amide bonds. The second kappa shape index (κ2) is 10.2. The molecule has 0 radical (unpaired) electrons. The highest BCUT2D eigenvalue weighted by molar-refractivity contribution is 9.10. The van der Waals surface area contributed by atoms with E-state index >= 15 is 0 Å². The summed E-state index contributed by atoms with van der Waals surface area (Å²) in [4.78, 5) is 16.6. The molecule has 0 aromatic heterocycles. The van der Waals surface area contributed by atoms with Crippen molar-refractivity contribution in [3.63, 3.8) is 0 Å². The van der Waals surface area contributed by atoms with Gasteiger partial charge in [-0.25, -0.2) is 4.79 Å². The Kier molecular flexibility index (Phi) is 7.65. The van der Waals surface area contributed by atoms with Crippen LogP contribution in [0.25, 0.3) is 0 Å². The molecule has 0 bridgehead atoms. The van der Waals surface area contributed by atoms with E-state index in [1.165, 1.54) is 11.3 Å².